The molecule has 0 unspecified atom stereocenters. The Bertz CT molecular complexity index is 458. The first-order chi connectivity index (χ1) is 7.31. The molecule has 0 amide bonds. The predicted molar refractivity (Wildman–Crippen MR) is 62.6 cm³/mol. The summed E-state index contributed by atoms with van der Waals surface area (Å²) in [6, 6.07) is 1.94. The number of rotatable bonds is 4. The lowest BCUT2D eigenvalue weighted by molar-refractivity contribution is 0.149. The van der Waals surface area contributed by atoms with E-state index in [0.29, 0.717) is 18.2 Å². The van der Waals surface area contributed by atoms with Gasteiger partial charge in [0.2, 0.25) is 0 Å². The summed E-state index contributed by atoms with van der Waals surface area (Å²) in [6.07, 6.45) is 0.710. The summed E-state index contributed by atoms with van der Waals surface area (Å²) >= 11 is 7.61. The van der Waals surface area contributed by atoms with Crippen LogP contribution in [0.4, 0.5) is 0 Å². The number of aromatic nitrogens is 2. The molecule has 0 saturated carbocycles. The van der Waals surface area contributed by atoms with E-state index in [-0.39, 0.29) is 0 Å². The normalized spacial score (nSPS) is 11.1. The monoisotopic (exact) mass is 242 g/mol. The standard InChI is InChI=1S/C10H11ClN2OS/c1-2-14-5-3-8-12-9(11)7-4-6-15-10(7)13-8/h4,6H,2-3,5H2,1H3. The Morgan fingerprint density at radius 3 is 3.13 bits per heavy atom. The van der Waals surface area contributed by atoms with E-state index in [4.69, 9.17) is 16.3 Å². The van der Waals surface area contributed by atoms with E-state index in [1.807, 2.05) is 18.4 Å². The number of hydrogen-bond donors (Lipinski definition) is 0. The van der Waals surface area contributed by atoms with E-state index in [2.05, 4.69) is 9.97 Å². The minimum absolute atomic E-state index is 0.535. The van der Waals surface area contributed by atoms with Crippen molar-refractivity contribution < 1.29 is 4.74 Å². The van der Waals surface area contributed by atoms with Crippen LogP contribution in [0.3, 0.4) is 0 Å². The van der Waals surface area contributed by atoms with E-state index in [1.54, 1.807) is 11.3 Å². The Balaban J connectivity index is 2.21. The SMILES string of the molecule is CCOCCc1nc(Cl)c2ccsc2n1. The number of ether oxygens (including phenoxy) is 1. The third-order valence-electron chi connectivity index (χ3n) is 2.00. The van der Waals surface area contributed by atoms with Gasteiger partial charge in [-0.2, -0.15) is 0 Å². The molecule has 0 aliphatic carbocycles. The summed E-state index contributed by atoms with van der Waals surface area (Å²) < 4.78 is 5.25. The molecule has 5 heteroatoms. The molecular weight excluding hydrogens is 232 g/mol. The van der Waals surface area contributed by atoms with Gasteiger partial charge in [-0.3, -0.25) is 0 Å². The zero-order chi connectivity index (χ0) is 10.7. The highest BCUT2D eigenvalue weighted by atomic mass is 35.5. The second kappa shape index (κ2) is 4.88. The zero-order valence-electron chi connectivity index (χ0n) is 8.36. The summed E-state index contributed by atoms with van der Waals surface area (Å²) in [5.41, 5.74) is 0. The first-order valence-corrected chi connectivity index (χ1v) is 6.04. The number of halogens is 1. The molecule has 2 aromatic rings. The van der Waals surface area contributed by atoms with Gasteiger partial charge < -0.3 is 4.74 Å². The Labute approximate surface area is 97.1 Å². The molecule has 0 aromatic carbocycles. The van der Waals surface area contributed by atoms with Gasteiger partial charge in [-0.05, 0) is 18.4 Å². The number of hydrogen-bond acceptors (Lipinski definition) is 4. The van der Waals surface area contributed by atoms with Crippen LogP contribution in [-0.2, 0) is 11.2 Å². The van der Waals surface area contributed by atoms with E-state index < -0.39 is 0 Å². The van der Waals surface area contributed by atoms with Crippen LogP contribution in [-0.4, -0.2) is 23.2 Å². The van der Waals surface area contributed by atoms with Gasteiger partial charge in [-0.25, -0.2) is 9.97 Å². The van der Waals surface area contributed by atoms with Gasteiger partial charge in [0, 0.05) is 18.4 Å². The van der Waals surface area contributed by atoms with E-state index >= 15 is 0 Å². The number of fused-ring (bicyclic) bond motifs is 1. The van der Waals surface area contributed by atoms with Gasteiger partial charge in [0.05, 0.1) is 6.61 Å². The van der Waals surface area contributed by atoms with Gasteiger partial charge in [-0.1, -0.05) is 11.6 Å². The van der Waals surface area contributed by atoms with Gasteiger partial charge >= 0.3 is 0 Å². The van der Waals surface area contributed by atoms with Crippen molar-refractivity contribution in [2.75, 3.05) is 13.2 Å². The average molecular weight is 243 g/mol. The van der Waals surface area contributed by atoms with E-state index in [9.17, 15) is 0 Å². The van der Waals surface area contributed by atoms with Crippen molar-refractivity contribution >= 4 is 33.2 Å². The lowest BCUT2D eigenvalue weighted by atomic mass is 10.4. The summed E-state index contributed by atoms with van der Waals surface area (Å²) in [6.45, 7) is 3.33. The minimum atomic E-state index is 0.535. The van der Waals surface area contributed by atoms with Crippen LogP contribution in [0.1, 0.15) is 12.7 Å². The van der Waals surface area contributed by atoms with Gasteiger partial charge in [0.1, 0.15) is 15.8 Å². The molecule has 0 N–H and O–H groups in total. The average Bonchev–Trinajstić information content (AvgIpc) is 2.66. The molecule has 0 aliphatic heterocycles. The maximum absolute atomic E-state index is 6.03. The van der Waals surface area contributed by atoms with E-state index in [0.717, 1.165) is 22.6 Å². The molecule has 0 spiro atoms. The second-order valence-corrected chi connectivity index (χ2v) is 4.27. The molecule has 3 nitrogen and oxygen atoms in total. The largest absolute Gasteiger partial charge is 0.381 e. The molecule has 0 saturated heterocycles. The molecule has 2 rings (SSSR count). The molecule has 0 atom stereocenters. The minimum Gasteiger partial charge on any atom is -0.381 e. The van der Waals surface area contributed by atoms with E-state index in [1.165, 1.54) is 0 Å². The second-order valence-electron chi connectivity index (χ2n) is 3.02. The van der Waals surface area contributed by atoms with Crippen LogP contribution in [0, 0.1) is 0 Å². The molecule has 0 aliphatic rings. The van der Waals surface area contributed by atoms with Crippen molar-refractivity contribution in [3.8, 4) is 0 Å². The van der Waals surface area contributed by atoms with Crippen LogP contribution < -0.4 is 0 Å². The molecule has 2 heterocycles. The topological polar surface area (TPSA) is 35.0 Å². The fraction of sp³-hybridized carbons (Fsp3) is 0.400. The van der Waals surface area contributed by atoms with Crippen LogP contribution in [0.25, 0.3) is 10.2 Å². The maximum atomic E-state index is 6.03. The van der Waals surface area contributed by atoms with Crippen molar-refractivity contribution in [1.82, 2.24) is 9.97 Å². The van der Waals surface area contributed by atoms with Crippen molar-refractivity contribution in [2.24, 2.45) is 0 Å². The van der Waals surface area contributed by atoms with Gasteiger partial charge in [0.25, 0.3) is 0 Å². The fourth-order valence-corrected chi connectivity index (χ4v) is 2.37. The van der Waals surface area contributed by atoms with Gasteiger partial charge in [0.15, 0.2) is 0 Å². The molecule has 15 heavy (non-hydrogen) atoms. The molecule has 0 fully saturated rings. The Morgan fingerprint density at radius 2 is 2.33 bits per heavy atom. The quantitative estimate of drug-likeness (QED) is 0.611. The predicted octanol–water partition coefficient (Wildman–Crippen LogP) is 2.92. The van der Waals surface area contributed by atoms with Crippen LogP contribution >= 0.6 is 22.9 Å². The highest BCUT2D eigenvalue weighted by Gasteiger charge is 2.06. The Kier molecular flexibility index (Phi) is 3.51. The molecule has 2 aromatic heterocycles. The number of thiophene rings is 1. The Morgan fingerprint density at radius 1 is 1.47 bits per heavy atom. The first kappa shape index (κ1) is 10.8. The number of nitrogens with zero attached hydrogens (tertiary/aromatic N) is 2. The summed E-state index contributed by atoms with van der Waals surface area (Å²) in [5.74, 6) is 0.753. The highest BCUT2D eigenvalue weighted by Crippen LogP contribution is 2.24. The van der Waals surface area contributed by atoms with Gasteiger partial charge in [-0.15, -0.1) is 11.3 Å². The van der Waals surface area contributed by atoms with Crippen LogP contribution in [0.5, 0.6) is 0 Å². The lowest BCUT2D eigenvalue weighted by Crippen LogP contribution is -2.02. The Hall–Kier alpha value is -0.710. The van der Waals surface area contributed by atoms with Crippen molar-refractivity contribution in [1.29, 1.82) is 0 Å². The third kappa shape index (κ3) is 2.45. The zero-order valence-corrected chi connectivity index (χ0v) is 9.94. The summed E-state index contributed by atoms with van der Waals surface area (Å²) in [7, 11) is 0. The third-order valence-corrected chi connectivity index (χ3v) is 3.09. The smallest absolute Gasteiger partial charge is 0.141 e. The highest BCUT2D eigenvalue weighted by molar-refractivity contribution is 7.16. The summed E-state index contributed by atoms with van der Waals surface area (Å²) in [5, 5.41) is 3.44. The van der Waals surface area contributed by atoms with Crippen LogP contribution in [0.2, 0.25) is 5.15 Å². The van der Waals surface area contributed by atoms with Crippen molar-refractivity contribution in [3.05, 3.63) is 22.4 Å². The molecular formula is C10H11ClN2OS. The maximum Gasteiger partial charge on any atom is 0.141 e. The van der Waals surface area contributed by atoms with Crippen LogP contribution in [0.15, 0.2) is 11.4 Å². The fourth-order valence-electron chi connectivity index (χ4n) is 1.28. The molecule has 0 radical (unpaired) electrons. The van der Waals surface area contributed by atoms with Crippen molar-refractivity contribution in [3.63, 3.8) is 0 Å². The van der Waals surface area contributed by atoms with Crippen molar-refractivity contribution in [2.45, 2.75) is 13.3 Å². The lowest BCUT2D eigenvalue weighted by Gasteiger charge is -2.01. The first-order valence-electron chi connectivity index (χ1n) is 4.78. The molecule has 0 bridgehead atoms. The molecule has 80 valence electrons. The summed E-state index contributed by atoms with van der Waals surface area (Å²) in [4.78, 5) is 9.58.